The maximum absolute atomic E-state index is 14.2. The van der Waals surface area contributed by atoms with E-state index in [2.05, 4.69) is 0 Å². The number of aliphatic hydroxyl groups excluding tert-OH is 10. The Bertz CT molecular complexity index is 1850. The quantitative estimate of drug-likeness (QED) is 0.0917. The molecule has 3 aromatic rings. The molecule has 298 valence electrons. The zero-order valence-corrected chi connectivity index (χ0v) is 28.0. The Labute approximate surface area is 303 Å². The lowest BCUT2D eigenvalue weighted by molar-refractivity contribution is -0.358. The van der Waals surface area contributed by atoms with Crippen LogP contribution in [0.1, 0.15) is 6.92 Å². The average Bonchev–Trinajstić information content (AvgIpc) is 3.14. The molecule has 2 aromatic carbocycles. The number of aromatic hydroxyl groups is 3. The van der Waals surface area contributed by atoms with Gasteiger partial charge in [0.05, 0.1) is 19.3 Å². The summed E-state index contributed by atoms with van der Waals surface area (Å²) in [5.41, 5.74) is -1.67. The van der Waals surface area contributed by atoms with Crippen LogP contribution >= 0.6 is 0 Å². The van der Waals surface area contributed by atoms with Crippen molar-refractivity contribution in [3.05, 3.63) is 40.6 Å². The standard InChI is InChI=1S/C33H40O21/c1-9-19(39)23(43)26(46)31(48-9)49-11-5-14(38)18-15(6-11)50-28(10-2-3-12(36)13(37)4-10)29(22(18)42)53-33-30(25(45)21(41)17(8-35)52-33)54-32-27(47)24(44)20(40)16(7-34)51-32/h2-6,9,16-17,19-21,23-27,30-41,43-47H,7-8H2,1H3/t9-,16+,17-,19-,20+,21+,23-,24+,25+,26+,27+,30+,31-,32-,33-/m0/s1. The highest BCUT2D eigenvalue weighted by molar-refractivity contribution is 5.88. The third kappa shape index (κ3) is 7.27. The van der Waals surface area contributed by atoms with Crippen molar-refractivity contribution in [2.45, 2.75) is 99.0 Å². The molecule has 1 aromatic heterocycles. The number of aliphatic hydroxyl groups is 10. The van der Waals surface area contributed by atoms with Gasteiger partial charge in [0.25, 0.3) is 0 Å². The molecule has 0 bridgehead atoms. The molecule has 0 amide bonds. The monoisotopic (exact) mass is 772 g/mol. The van der Waals surface area contributed by atoms with Gasteiger partial charge in [-0.05, 0) is 25.1 Å². The zero-order chi connectivity index (χ0) is 39.3. The highest BCUT2D eigenvalue weighted by Crippen LogP contribution is 2.41. The van der Waals surface area contributed by atoms with Crippen LogP contribution in [0.5, 0.6) is 28.7 Å². The van der Waals surface area contributed by atoms with Crippen molar-refractivity contribution < 1.29 is 99.2 Å². The normalized spacial score (nSPS) is 37.3. The van der Waals surface area contributed by atoms with E-state index in [9.17, 15) is 71.2 Å². The van der Waals surface area contributed by atoms with Crippen LogP contribution in [0.25, 0.3) is 22.3 Å². The molecule has 0 saturated carbocycles. The van der Waals surface area contributed by atoms with E-state index in [4.69, 9.17) is 32.8 Å². The Balaban J connectivity index is 1.43. The number of hydrogen-bond acceptors (Lipinski definition) is 21. The lowest BCUT2D eigenvalue weighted by Gasteiger charge is -2.45. The molecule has 6 rings (SSSR count). The van der Waals surface area contributed by atoms with Crippen molar-refractivity contribution in [1.82, 2.24) is 0 Å². The number of phenolic OH excluding ortho intramolecular Hbond substituents is 3. The van der Waals surface area contributed by atoms with Crippen LogP contribution in [0.15, 0.2) is 39.5 Å². The average molecular weight is 773 g/mol. The van der Waals surface area contributed by atoms with E-state index < -0.39 is 150 Å². The summed E-state index contributed by atoms with van der Waals surface area (Å²) in [6.45, 7) is -0.348. The zero-order valence-electron chi connectivity index (χ0n) is 28.0. The topological polar surface area (TPSA) is 349 Å². The molecule has 3 saturated heterocycles. The first-order valence-electron chi connectivity index (χ1n) is 16.5. The molecule has 0 aliphatic carbocycles. The first-order valence-corrected chi connectivity index (χ1v) is 16.5. The van der Waals surface area contributed by atoms with Gasteiger partial charge in [0.15, 0.2) is 29.7 Å². The maximum atomic E-state index is 14.2. The van der Waals surface area contributed by atoms with Crippen LogP contribution in [0, 0.1) is 0 Å². The van der Waals surface area contributed by atoms with Crippen LogP contribution in [0.2, 0.25) is 0 Å². The van der Waals surface area contributed by atoms with E-state index in [0.29, 0.717) is 0 Å². The maximum Gasteiger partial charge on any atom is 0.239 e. The predicted molar refractivity (Wildman–Crippen MR) is 173 cm³/mol. The molecular formula is C33H40O21. The highest BCUT2D eigenvalue weighted by atomic mass is 16.8. The number of rotatable bonds is 9. The molecule has 3 aliphatic rings. The van der Waals surface area contributed by atoms with Gasteiger partial charge < -0.3 is 99.2 Å². The molecule has 15 atom stereocenters. The minimum absolute atomic E-state index is 0.136. The Morgan fingerprint density at radius 1 is 0.630 bits per heavy atom. The second-order valence-corrected chi connectivity index (χ2v) is 13.0. The molecule has 0 radical (unpaired) electrons. The fraction of sp³-hybridized carbons (Fsp3) is 0.545. The lowest BCUT2D eigenvalue weighted by atomic mass is 9.97. The van der Waals surface area contributed by atoms with E-state index in [1.165, 1.54) is 13.0 Å². The van der Waals surface area contributed by atoms with Gasteiger partial charge in [-0.25, -0.2) is 0 Å². The molecule has 21 nitrogen and oxygen atoms in total. The Kier molecular flexibility index (Phi) is 11.5. The number of fused-ring (bicyclic) bond motifs is 1. The first kappa shape index (κ1) is 39.8. The van der Waals surface area contributed by atoms with Crippen LogP contribution in [0.3, 0.4) is 0 Å². The molecule has 54 heavy (non-hydrogen) atoms. The number of ether oxygens (including phenoxy) is 6. The van der Waals surface area contributed by atoms with Crippen molar-refractivity contribution in [3.8, 4) is 40.1 Å². The van der Waals surface area contributed by atoms with Gasteiger partial charge in [-0.15, -0.1) is 0 Å². The summed E-state index contributed by atoms with van der Waals surface area (Å²) in [7, 11) is 0. The van der Waals surface area contributed by atoms with Crippen LogP contribution in [0.4, 0.5) is 0 Å². The van der Waals surface area contributed by atoms with Crippen molar-refractivity contribution >= 4 is 11.0 Å². The Morgan fingerprint density at radius 2 is 1.24 bits per heavy atom. The van der Waals surface area contributed by atoms with Gasteiger partial charge in [-0.2, -0.15) is 0 Å². The Hall–Kier alpha value is -3.91. The van der Waals surface area contributed by atoms with Crippen LogP contribution in [-0.2, 0) is 18.9 Å². The number of phenols is 3. The predicted octanol–water partition coefficient (Wildman–Crippen LogP) is -4.21. The van der Waals surface area contributed by atoms with Crippen molar-refractivity contribution in [2.24, 2.45) is 0 Å². The largest absolute Gasteiger partial charge is 0.507 e. The van der Waals surface area contributed by atoms with Crippen LogP contribution in [-0.4, -0.2) is 172 Å². The van der Waals surface area contributed by atoms with Gasteiger partial charge in [0, 0.05) is 17.7 Å². The molecule has 13 N–H and O–H groups in total. The summed E-state index contributed by atoms with van der Waals surface area (Å²) in [5, 5.41) is 134. The number of hydrogen-bond donors (Lipinski definition) is 13. The second kappa shape index (κ2) is 15.7. The SMILES string of the molecule is C[C@@H]1O[C@@H](Oc2cc(O)c3c(=O)c(O[C@@H]4O[C@@H](CO)[C@@H](O)[C@@H](O)[C@H]4O[C@@H]4O[C@H](CO)[C@@H](O)[C@@H](O)[C@H]4O)c(-c4ccc(O)c(O)c4)oc3c2)[C@H](O)[C@@H](O)[C@H]1O. The third-order valence-electron chi connectivity index (χ3n) is 9.40. The third-order valence-corrected chi connectivity index (χ3v) is 9.40. The van der Waals surface area contributed by atoms with Gasteiger partial charge in [0.1, 0.15) is 83.5 Å². The summed E-state index contributed by atoms with van der Waals surface area (Å²) < 4.78 is 39.7. The van der Waals surface area contributed by atoms with Gasteiger partial charge in [-0.3, -0.25) is 4.79 Å². The molecule has 3 aliphatic heterocycles. The number of benzene rings is 2. The van der Waals surface area contributed by atoms with E-state index >= 15 is 0 Å². The van der Waals surface area contributed by atoms with E-state index in [0.717, 1.165) is 24.3 Å². The summed E-state index contributed by atoms with van der Waals surface area (Å²) in [5.74, 6) is -3.63. The smallest absolute Gasteiger partial charge is 0.239 e. The molecule has 3 fully saturated rings. The lowest BCUT2D eigenvalue weighted by Crippen LogP contribution is -2.65. The molecule has 0 unspecified atom stereocenters. The van der Waals surface area contributed by atoms with Gasteiger partial charge in [0.2, 0.25) is 23.8 Å². The minimum atomic E-state index is -2.03. The van der Waals surface area contributed by atoms with E-state index in [1.54, 1.807) is 0 Å². The summed E-state index contributed by atoms with van der Waals surface area (Å²) in [6.07, 6.45) is -26.0. The Morgan fingerprint density at radius 3 is 1.89 bits per heavy atom. The van der Waals surface area contributed by atoms with Crippen molar-refractivity contribution in [3.63, 3.8) is 0 Å². The van der Waals surface area contributed by atoms with Gasteiger partial charge >= 0.3 is 0 Å². The van der Waals surface area contributed by atoms with Crippen molar-refractivity contribution in [2.75, 3.05) is 13.2 Å². The van der Waals surface area contributed by atoms with E-state index in [-0.39, 0.29) is 11.3 Å². The van der Waals surface area contributed by atoms with Gasteiger partial charge in [-0.1, -0.05) is 0 Å². The summed E-state index contributed by atoms with van der Waals surface area (Å²) in [6, 6.07) is 5.20. The van der Waals surface area contributed by atoms with Crippen LogP contribution < -0.4 is 14.9 Å². The van der Waals surface area contributed by atoms with E-state index in [1.807, 2.05) is 0 Å². The fourth-order valence-electron chi connectivity index (χ4n) is 6.28. The molecular weight excluding hydrogens is 732 g/mol. The fourth-order valence-corrected chi connectivity index (χ4v) is 6.28. The molecule has 21 heteroatoms. The summed E-state index contributed by atoms with van der Waals surface area (Å²) >= 11 is 0. The van der Waals surface area contributed by atoms with Crippen molar-refractivity contribution in [1.29, 1.82) is 0 Å². The molecule has 0 spiro atoms. The minimum Gasteiger partial charge on any atom is -0.507 e. The summed E-state index contributed by atoms with van der Waals surface area (Å²) in [4.78, 5) is 14.2. The second-order valence-electron chi connectivity index (χ2n) is 13.0. The molecule has 4 heterocycles. The highest BCUT2D eigenvalue weighted by Gasteiger charge is 2.52. The first-order chi connectivity index (χ1) is 25.6.